The molecule has 2 aliphatic rings. The average Bonchev–Trinajstić information content (AvgIpc) is 2.91. The summed E-state index contributed by atoms with van der Waals surface area (Å²) in [5.74, 6) is 0.499. The second kappa shape index (κ2) is 8.35. The summed E-state index contributed by atoms with van der Waals surface area (Å²) in [6, 6.07) is 7.58. The molecule has 0 bridgehead atoms. The smallest absolute Gasteiger partial charge is 0.290 e. The van der Waals surface area contributed by atoms with Crippen molar-refractivity contribution < 1.29 is 14.3 Å². The number of carbonyl (C=O) groups is 2. The van der Waals surface area contributed by atoms with E-state index in [0.29, 0.717) is 11.5 Å². The van der Waals surface area contributed by atoms with Crippen LogP contribution >= 0.6 is 11.8 Å². The van der Waals surface area contributed by atoms with E-state index >= 15 is 0 Å². The van der Waals surface area contributed by atoms with Gasteiger partial charge in [0.1, 0.15) is 5.75 Å². The largest absolute Gasteiger partial charge is 0.494 e. The van der Waals surface area contributed by atoms with Gasteiger partial charge in [-0.3, -0.25) is 14.9 Å². The third-order valence-electron chi connectivity index (χ3n) is 4.16. The average molecular weight is 346 g/mol. The standard InChI is InChI=1S/C18H22N2O3S/c21-17-16(24-18(22)19-17)13-14-5-7-15(8-6-14)23-12-4-11-20-9-2-1-3-10-20/h5-8,13H,1-4,9-12H2,(H,19,21,22)/b16-13-. The molecule has 2 aliphatic heterocycles. The summed E-state index contributed by atoms with van der Waals surface area (Å²) in [7, 11) is 0. The molecule has 1 N–H and O–H groups in total. The number of hydrogen-bond acceptors (Lipinski definition) is 5. The molecule has 2 saturated heterocycles. The molecule has 3 rings (SSSR count). The molecule has 128 valence electrons. The van der Waals surface area contributed by atoms with Gasteiger partial charge in [0.05, 0.1) is 11.5 Å². The monoisotopic (exact) mass is 346 g/mol. The van der Waals surface area contributed by atoms with E-state index in [1.165, 1.54) is 32.4 Å². The van der Waals surface area contributed by atoms with Crippen LogP contribution in [0.4, 0.5) is 4.79 Å². The van der Waals surface area contributed by atoms with Gasteiger partial charge in [-0.25, -0.2) is 0 Å². The van der Waals surface area contributed by atoms with Crippen LogP contribution in [0, 0.1) is 0 Å². The number of nitrogens with one attached hydrogen (secondary N) is 1. The first-order valence-electron chi connectivity index (χ1n) is 8.41. The van der Waals surface area contributed by atoms with Gasteiger partial charge in [0, 0.05) is 6.54 Å². The fraction of sp³-hybridized carbons (Fsp3) is 0.444. The van der Waals surface area contributed by atoms with Gasteiger partial charge in [-0.15, -0.1) is 0 Å². The molecule has 0 spiro atoms. The number of benzene rings is 1. The van der Waals surface area contributed by atoms with Crippen molar-refractivity contribution in [3.05, 3.63) is 34.7 Å². The van der Waals surface area contributed by atoms with Crippen molar-refractivity contribution in [2.24, 2.45) is 0 Å². The lowest BCUT2D eigenvalue weighted by atomic mass is 10.1. The van der Waals surface area contributed by atoms with Gasteiger partial charge in [-0.2, -0.15) is 0 Å². The van der Waals surface area contributed by atoms with Crippen molar-refractivity contribution in [1.29, 1.82) is 0 Å². The van der Waals surface area contributed by atoms with Gasteiger partial charge in [0.15, 0.2) is 0 Å². The van der Waals surface area contributed by atoms with Gasteiger partial charge in [-0.1, -0.05) is 18.6 Å². The van der Waals surface area contributed by atoms with Crippen LogP contribution in [0.3, 0.4) is 0 Å². The molecule has 2 fully saturated rings. The molecule has 0 radical (unpaired) electrons. The number of rotatable bonds is 6. The Kier molecular flexibility index (Phi) is 5.93. The Morgan fingerprint density at radius 1 is 1.12 bits per heavy atom. The van der Waals surface area contributed by atoms with Crippen LogP contribution in [0.15, 0.2) is 29.2 Å². The SMILES string of the molecule is O=C1NC(=O)/C(=C/c2ccc(OCCCN3CCCCC3)cc2)S1. The Balaban J connectivity index is 1.44. The highest BCUT2D eigenvalue weighted by Gasteiger charge is 2.24. The molecular formula is C18H22N2O3S. The van der Waals surface area contributed by atoms with E-state index in [4.69, 9.17) is 4.74 Å². The summed E-state index contributed by atoms with van der Waals surface area (Å²) >= 11 is 0.929. The fourth-order valence-corrected chi connectivity index (χ4v) is 3.58. The summed E-state index contributed by atoms with van der Waals surface area (Å²) in [5, 5.41) is 1.93. The third kappa shape index (κ3) is 4.85. The number of imide groups is 1. The quantitative estimate of drug-likeness (QED) is 0.633. The van der Waals surface area contributed by atoms with E-state index in [1.807, 2.05) is 24.3 Å². The first kappa shape index (κ1) is 17.0. The van der Waals surface area contributed by atoms with Gasteiger partial charge in [0.25, 0.3) is 11.1 Å². The van der Waals surface area contributed by atoms with Crippen LogP contribution in [-0.4, -0.2) is 42.3 Å². The van der Waals surface area contributed by atoms with E-state index in [1.54, 1.807) is 6.08 Å². The molecule has 0 unspecified atom stereocenters. The highest BCUT2D eigenvalue weighted by atomic mass is 32.2. The predicted octanol–water partition coefficient (Wildman–Crippen LogP) is 3.27. The first-order valence-corrected chi connectivity index (χ1v) is 9.22. The first-order chi connectivity index (χ1) is 11.7. The Morgan fingerprint density at radius 3 is 2.54 bits per heavy atom. The Labute approximate surface area is 146 Å². The molecule has 24 heavy (non-hydrogen) atoms. The minimum Gasteiger partial charge on any atom is -0.494 e. The van der Waals surface area contributed by atoms with Crippen molar-refractivity contribution in [2.45, 2.75) is 25.7 Å². The molecule has 2 heterocycles. The van der Waals surface area contributed by atoms with Gasteiger partial charge in [-0.05, 0) is 67.9 Å². The van der Waals surface area contributed by atoms with Gasteiger partial charge in [0.2, 0.25) is 0 Å². The second-order valence-corrected chi connectivity index (χ2v) is 7.04. The summed E-state index contributed by atoms with van der Waals surface area (Å²) in [5.41, 5.74) is 0.878. The van der Waals surface area contributed by atoms with Crippen LogP contribution in [0.2, 0.25) is 0 Å². The van der Waals surface area contributed by atoms with Crippen LogP contribution in [0.1, 0.15) is 31.2 Å². The highest BCUT2D eigenvalue weighted by Crippen LogP contribution is 2.26. The molecule has 1 aromatic carbocycles. The van der Waals surface area contributed by atoms with Crippen LogP contribution in [0.5, 0.6) is 5.75 Å². The molecule has 0 aliphatic carbocycles. The van der Waals surface area contributed by atoms with E-state index < -0.39 is 0 Å². The number of amides is 2. The third-order valence-corrected chi connectivity index (χ3v) is 4.97. The van der Waals surface area contributed by atoms with Crippen LogP contribution in [-0.2, 0) is 4.79 Å². The number of hydrogen-bond donors (Lipinski definition) is 1. The van der Waals surface area contributed by atoms with Crippen molar-refractivity contribution in [1.82, 2.24) is 10.2 Å². The predicted molar refractivity (Wildman–Crippen MR) is 96.0 cm³/mol. The highest BCUT2D eigenvalue weighted by molar-refractivity contribution is 8.18. The summed E-state index contributed by atoms with van der Waals surface area (Å²) in [6.45, 7) is 4.25. The summed E-state index contributed by atoms with van der Waals surface area (Å²) < 4.78 is 5.77. The van der Waals surface area contributed by atoms with Crippen LogP contribution in [0.25, 0.3) is 6.08 Å². The van der Waals surface area contributed by atoms with E-state index in [-0.39, 0.29) is 11.1 Å². The van der Waals surface area contributed by atoms with E-state index in [2.05, 4.69) is 10.2 Å². The molecule has 6 heteroatoms. The molecule has 0 saturated carbocycles. The van der Waals surface area contributed by atoms with Gasteiger partial charge >= 0.3 is 0 Å². The number of ether oxygens (including phenoxy) is 1. The normalized spacial score (nSPS) is 20.4. The number of likely N-dealkylation sites (tertiary alicyclic amines) is 1. The van der Waals surface area contributed by atoms with E-state index in [0.717, 1.165) is 36.0 Å². The lowest BCUT2D eigenvalue weighted by molar-refractivity contribution is -0.115. The maximum Gasteiger partial charge on any atom is 0.290 e. The molecule has 2 amide bonds. The zero-order valence-electron chi connectivity index (χ0n) is 13.6. The topological polar surface area (TPSA) is 58.6 Å². The van der Waals surface area contributed by atoms with Crippen molar-refractivity contribution >= 4 is 29.0 Å². The minimum atomic E-state index is -0.331. The minimum absolute atomic E-state index is 0.320. The number of nitrogens with zero attached hydrogens (tertiary/aromatic N) is 1. The van der Waals surface area contributed by atoms with Crippen LogP contribution < -0.4 is 10.1 Å². The second-order valence-electron chi connectivity index (χ2n) is 6.03. The number of carbonyl (C=O) groups excluding carboxylic acids is 2. The lowest BCUT2D eigenvalue weighted by Crippen LogP contribution is -2.31. The van der Waals surface area contributed by atoms with E-state index in [9.17, 15) is 9.59 Å². The lowest BCUT2D eigenvalue weighted by Gasteiger charge is -2.26. The number of piperidine rings is 1. The van der Waals surface area contributed by atoms with Crippen molar-refractivity contribution in [3.63, 3.8) is 0 Å². The maximum atomic E-state index is 11.5. The summed E-state index contributed by atoms with van der Waals surface area (Å²) in [6.07, 6.45) is 6.75. The zero-order chi connectivity index (χ0) is 16.8. The molecule has 1 aromatic rings. The number of thioether (sulfide) groups is 1. The van der Waals surface area contributed by atoms with Crippen molar-refractivity contribution in [2.75, 3.05) is 26.2 Å². The molecule has 0 aromatic heterocycles. The fourth-order valence-electron chi connectivity index (χ4n) is 2.89. The molecule has 0 atom stereocenters. The molecule has 5 nitrogen and oxygen atoms in total. The Bertz CT molecular complexity index is 622. The Hall–Kier alpha value is -1.79. The summed E-state index contributed by atoms with van der Waals surface area (Å²) in [4.78, 5) is 25.6. The zero-order valence-corrected chi connectivity index (χ0v) is 14.4. The van der Waals surface area contributed by atoms with Crippen molar-refractivity contribution in [3.8, 4) is 5.75 Å². The Morgan fingerprint density at radius 2 is 1.88 bits per heavy atom. The maximum absolute atomic E-state index is 11.5. The molecular weight excluding hydrogens is 324 g/mol. The van der Waals surface area contributed by atoms with Gasteiger partial charge < -0.3 is 9.64 Å².